The molecule has 0 spiro atoms. The number of nitrogens with zero attached hydrogens (tertiary/aromatic N) is 2. The molecule has 32 heavy (non-hydrogen) atoms. The van der Waals surface area contributed by atoms with E-state index in [2.05, 4.69) is 10.3 Å². The predicted molar refractivity (Wildman–Crippen MR) is 119 cm³/mol. The molecular weight excluding hydrogens is 417 g/mol. The monoisotopic (exact) mass is 443 g/mol. The van der Waals surface area contributed by atoms with Crippen LogP contribution in [0.2, 0.25) is 0 Å². The van der Waals surface area contributed by atoms with Gasteiger partial charge in [0.25, 0.3) is 0 Å². The maximum Gasteiger partial charge on any atom is 0.341 e. The Balaban J connectivity index is 2.19. The second kappa shape index (κ2) is 9.78. The summed E-state index contributed by atoms with van der Waals surface area (Å²) >= 11 is 0. The average molecular weight is 443 g/mol. The van der Waals surface area contributed by atoms with E-state index in [0.29, 0.717) is 18.8 Å². The van der Waals surface area contributed by atoms with Crippen LogP contribution in [0, 0.1) is 11.7 Å². The van der Waals surface area contributed by atoms with Crippen LogP contribution in [0.25, 0.3) is 11.0 Å². The number of ether oxygens (including phenoxy) is 1. The summed E-state index contributed by atoms with van der Waals surface area (Å²) in [5.41, 5.74) is 0.339. The molecule has 0 radical (unpaired) electrons. The molecule has 0 aliphatic carbocycles. The summed E-state index contributed by atoms with van der Waals surface area (Å²) in [5, 5.41) is 22.7. The van der Waals surface area contributed by atoms with E-state index < -0.39 is 23.0 Å². The number of rotatable bonds is 9. The molecule has 0 saturated heterocycles. The van der Waals surface area contributed by atoms with Crippen LogP contribution in [-0.4, -0.2) is 38.9 Å². The maximum atomic E-state index is 13.2. The predicted octanol–water partition coefficient (Wildman–Crippen LogP) is 3.43. The van der Waals surface area contributed by atoms with E-state index in [1.54, 1.807) is 19.1 Å². The molecule has 0 amide bonds. The molecule has 0 fully saturated rings. The lowest BCUT2D eigenvalue weighted by molar-refractivity contribution is 0.0694. The van der Waals surface area contributed by atoms with E-state index in [0.717, 1.165) is 5.56 Å². The van der Waals surface area contributed by atoms with Crippen molar-refractivity contribution in [2.24, 2.45) is 5.92 Å². The Kier molecular flexibility index (Phi) is 7.09. The van der Waals surface area contributed by atoms with Crippen LogP contribution in [0.4, 0.5) is 10.1 Å². The number of nitrogens with one attached hydrogen (secondary N) is 1. The van der Waals surface area contributed by atoms with Gasteiger partial charge in [0.15, 0.2) is 0 Å². The lowest BCUT2D eigenvalue weighted by Gasteiger charge is -2.24. The molecule has 9 heteroatoms. The zero-order valence-corrected chi connectivity index (χ0v) is 18.1. The molecule has 2 aromatic heterocycles. The normalized spacial score (nSPS) is 12.2. The summed E-state index contributed by atoms with van der Waals surface area (Å²) in [6.45, 7) is 5.92. The lowest BCUT2D eigenvalue weighted by atomic mass is 10.0. The zero-order chi connectivity index (χ0) is 23.4. The number of fused-ring (bicyclic) bond motifs is 1. The summed E-state index contributed by atoms with van der Waals surface area (Å²) < 4.78 is 20.4. The Morgan fingerprint density at radius 3 is 2.53 bits per heavy atom. The minimum atomic E-state index is -1.36. The van der Waals surface area contributed by atoms with Crippen LogP contribution in [-0.2, 0) is 6.54 Å². The van der Waals surface area contributed by atoms with Gasteiger partial charge < -0.3 is 24.8 Å². The van der Waals surface area contributed by atoms with Crippen molar-refractivity contribution in [2.45, 2.75) is 33.4 Å². The molecule has 3 aromatic rings. The van der Waals surface area contributed by atoms with Crippen molar-refractivity contribution < 1.29 is 24.1 Å². The van der Waals surface area contributed by atoms with Crippen LogP contribution in [0.1, 0.15) is 42.7 Å². The van der Waals surface area contributed by atoms with Crippen molar-refractivity contribution in [2.75, 3.05) is 18.5 Å². The smallest absolute Gasteiger partial charge is 0.341 e. The highest BCUT2D eigenvalue weighted by Gasteiger charge is 2.23. The minimum Gasteiger partial charge on any atom is -0.477 e. The van der Waals surface area contributed by atoms with Gasteiger partial charge in [-0.2, -0.15) is 4.98 Å². The van der Waals surface area contributed by atoms with Gasteiger partial charge >= 0.3 is 5.97 Å². The summed E-state index contributed by atoms with van der Waals surface area (Å²) in [5.74, 6) is -1.53. The Labute approximate surface area is 184 Å². The molecule has 3 rings (SSSR count). The molecule has 170 valence electrons. The van der Waals surface area contributed by atoms with Crippen molar-refractivity contribution in [1.29, 1.82) is 0 Å². The molecule has 2 heterocycles. The van der Waals surface area contributed by atoms with Gasteiger partial charge in [-0.05, 0) is 36.6 Å². The molecule has 0 saturated carbocycles. The standard InChI is InChI=1S/C23H26FN3O5/c1-4-32-22-18(25-10-14-5-7-15(24)8-6-14)9-16-20(29)17(23(30)31)11-27(21(16)26-22)19(12-28)13(2)3/h5-9,11,13,19,25,28H,4,10,12H2,1-3H3,(H,30,31)/t19-/m1/s1. The van der Waals surface area contributed by atoms with Crippen molar-refractivity contribution in [1.82, 2.24) is 9.55 Å². The van der Waals surface area contributed by atoms with Gasteiger partial charge in [0.2, 0.25) is 11.3 Å². The number of benzene rings is 1. The van der Waals surface area contributed by atoms with Crippen molar-refractivity contribution >= 4 is 22.7 Å². The van der Waals surface area contributed by atoms with Crippen molar-refractivity contribution in [3.8, 4) is 5.88 Å². The second-order valence-corrected chi connectivity index (χ2v) is 7.70. The number of halogens is 1. The quantitative estimate of drug-likeness (QED) is 0.464. The number of carbonyl (C=O) groups is 1. The number of aromatic carboxylic acids is 1. The van der Waals surface area contributed by atoms with Crippen molar-refractivity contribution in [3.63, 3.8) is 0 Å². The van der Waals surface area contributed by atoms with Crippen LogP contribution in [0.5, 0.6) is 5.88 Å². The zero-order valence-electron chi connectivity index (χ0n) is 18.1. The number of hydrogen-bond donors (Lipinski definition) is 3. The highest BCUT2D eigenvalue weighted by Crippen LogP contribution is 2.29. The van der Waals surface area contributed by atoms with Gasteiger partial charge in [-0.1, -0.05) is 26.0 Å². The van der Waals surface area contributed by atoms with E-state index in [4.69, 9.17) is 4.74 Å². The molecule has 1 aromatic carbocycles. The first-order chi connectivity index (χ1) is 15.3. The fourth-order valence-corrected chi connectivity index (χ4v) is 3.45. The Bertz CT molecular complexity index is 1170. The summed E-state index contributed by atoms with van der Waals surface area (Å²) in [4.78, 5) is 29.2. The third kappa shape index (κ3) is 4.72. The highest BCUT2D eigenvalue weighted by molar-refractivity contribution is 5.93. The summed E-state index contributed by atoms with van der Waals surface area (Å²) in [6.07, 6.45) is 1.22. The number of hydrogen-bond acceptors (Lipinski definition) is 6. The topological polar surface area (TPSA) is 114 Å². The molecule has 0 bridgehead atoms. The first-order valence-electron chi connectivity index (χ1n) is 10.3. The van der Waals surface area contributed by atoms with Crippen LogP contribution in [0.15, 0.2) is 41.3 Å². The third-order valence-corrected chi connectivity index (χ3v) is 5.19. The van der Waals surface area contributed by atoms with E-state index in [-0.39, 0.29) is 35.3 Å². The number of carboxylic acid groups (broad SMARTS) is 1. The third-order valence-electron chi connectivity index (χ3n) is 5.19. The van der Waals surface area contributed by atoms with Gasteiger partial charge in [-0.25, -0.2) is 9.18 Å². The van der Waals surface area contributed by atoms with Gasteiger partial charge in [0, 0.05) is 12.7 Å². The van der Waals surface area contributed by atoms with Crippen molar-refractivity contribution in [3.05, 3.63) is 63.7 Å². The van der Waals surface area contributed by atoms with Crippen LogP contribution < -0.4 is 15.5 Å². The molecular formula is C23H26FN3O5. The first-order valence-corrected chi connectivity index (χ1v) is 10.3. The minimum absolute atomic E-state index is 0.0547. The largest absolute Gasteiger partial charge is 0.477 e. The Morgan fingerprint density at radius 2 is 1.97 bits per heavy atom. The number of carboxylic acids is 1. The molecule has 0 aliphatic heterocycles. The molecule has 1 atom stereocenters. The molecule has 8 nitrogen and oxygen atoms in total. The average Bonchev–Trinajstić information content (AvgIpc) is 2.75. The van der Waals surface area contributed by atoms with Crippen LogP contribution >= 0.6 is 0 Å². The maximum absolute atomic E-state index is 13.2. The lowest BCUT2D eigenvalue weighted by Crippen LogP contribution is -2.26. The molecule has 0 unspecified atom stereocenters. The van der Waals surface area contributed by atoms with E-state index in [1.807, 2.05) is 13.8 Å². The van der Waals surface area contributed by atoms with Gasteiger partial charge in [0.05, 0.1) is 30.3 Å². The second-order valence-electron chi connectivity index (χ2n) is 7.70. The number of aromatic nitrogens is 2. The SMILES string of the molecule is CCOc1nc2c(cc1NCc1ccc(F)cc1)c(=O)c(C(=O)O)cn2[C@H](CO)C(C)C. The fourth-order valence-electron chi connectivity index (χ4n) is 3.45. The number of anilines is 1. The first kappa shape index (κ1) is 23.2. The van der Waals surface area contributed by atoms with E-state index >= 15 is 0 Å². The van der Waals surface area contributed by atoms with Crippen LogP contribution in [0.3, 0.4) is 0 Å². The number of pyridine rings is 2. The number of aliphatic hydroxyl groups is 1. The van der Waals surface area contributed by atoms with E-state index in [9.17, 15) is 24.2 Å². The number of aliphatic hydroxyl groups excluding tert-OH is 1. The van der Waals surface area contributed by atoms with E-state index in [1.165, 1.54) is 29.0 Å². The molecule has 3 N–H and O–H groups in total. The molecule has 0 aliphatic rings. The summed E-state index contributed by atoms with van der Waals surface area (Å²) in [7, 11) is 0. The Morgan fingerprint density at radius 1 is 1.28 bits per heavy atom. The van der Waals surface area contributed by atoms with Gasteiger partial charge in [0.1, 0.15) is 17.0 Å². The highest BCUT2D eigenvalue weighted by atomic mass is 19.1. The van der Waals surface area contributed by atoms with Gasteiger partial charge in [-0.3, -0.25) is 4.79 Å². The Hall–Kier alpha value is -3.46. The van der Waals surface area contributed by atoms with Gasteiger partial charge in [-0.15, -0.1) is 0 Å². The summed E-state index contributed by atoms with van der Waals surface area (Å²) in [6, 6.07) is 6.96. The fraction of sp³-hybridized carbons (Fsp3) is 0.348.